The number of carbonyl (C=O) groups is 1. The fraction of sp³-hybridized carbons (Fsp3) is 0.533. The SMILES string of the molecule is CCCC(CCO)CNC(=O)COc1ccc(F)cc1. The third-order valence-electron chi connectivity index (χ3n) is 3.01. The molecule has 20 heavy (non-hydrogen) atoms. The summed E-state index contributed by atoms with van der Waals surface area (Å²) in [6, 6.07) is 5.53. The molecule has 1 amide bonds. The first-order chi connectivity index (χ1) is 9.65. The van der Waals surface area contributed by atoms with Gasteiger partial charge in [-0.3, -0.25) is 4.79 Å². The van der Waals surface area contributed by atoms with E-state index in [9.17, 15) is 9.18 Å². The number of hydrogen-bond donors (Lipinski definition) is 2. The fourth-order valence-corrected chi connectivity index (χ4v) is 1.93. The fourth-order valence-electron chi connectivity index (χ4n) is 1.93. The Balaban J connectivity index is 2.27. The van der Waals surface area contributed by atoms with E-state index >= 15 is 0 Å². The summed E-state index contributed by atoms with van der Waals surface area (Å²) in [6.45, 7) is 2.65. The van der Waals surface area contributed by atoms with E-state index in [-0.39, 0.29) is 24.9 Å². The maximum Gasteiger partial charge on any atom is 0.257 e. The molecule has 0 aromatic heterocycles. The molecule has 2 N–H and O–H groups in total. The molecule has 1 rings (SSSR count). The van der Waals surface area contributed by atoms with Gasteiger partial charge in [-0.1, -0.05) is 13.3 Å². The molecule has 0 spiro atoms. The average Bonchev–Trinajstić information content (AvgIpc) is 2.44. The summed E-state index contributed by atoms with van der Waals surface area (Å²) in [5.74, 6) is 0.198. The number of ether oxygens (including phenoxy) is 1. The van der Waals surface area contributed by atoms with E-state index in [1.165, 1.54) is 24.3 Å². The minimum atomic E-state index is -0.340. The summed E-state index contributed by atoms with van der Waals surface area (Å²) in [4.78, 5) is 11.6. The number of benzene rings is 1. The molecular weight excluding hydrogens is 261 g/mol. The van der Waals surface area contributed by atoms with Crippen LogP contribution < -0.4 is 10.1 Å². The van der Waals surface area contributed by atoms with Crippen molar-refractivity contribution in [2.75, 3.05) is 19.8 Å². The second-order valence-electron chi connectivity index (χ2n) is 4.71. The van der Waals surface area contributed by atoms with Crippen LogP contribution >= 0.6 is 0 Å². The summed E-state index contributed by atoms with van der Waals surface area (Å²) in [5, 5.41) is 11.7. The Kier molecular flexibility index (Phi) is 7.65. The van der Waals surface area contributed by atoms with E-state index in [2.05, 4.69) is 12.2 Å². The van der Waals surface area contributed by atoms with E-state index in [0.717, 1.165) is 12.8 Å². The third kappa shape index (κ3) is 6.52. The Morgan fingerprint density at radius 3 is 2.65 bits per heavy atom. The van der Waals surface area contributed by atoms with E-state index in [0.29, 0.717) is 24.6 Å². The van der Waals surface area contributed by atoms with Gasteiger partial charge in [-0.2, -0.15) is 0 Å². The number of carbonyl (C=O) groups excluding carboxylic acids is 1. The van der Waals surface area contributed by atoms with Gasteiger partial charge in [0.05, 0.1) is 0 Å². The lowest BCUT2D eigenvalue weighted by Crippen LogP contribution is -2.33. The van der Waals surface area contributed by atoms with Crippen LogP contribution in [0.1, 0.15) is 26.2 Å². The molecule has 4 nitrogen and oxygen atoms in total. The lowest BCUT2D eigenvalue weighted by molar-refractivity contribution is -0.123. The van der Waals surface area contributed by atoms with E-state index in [1.807, 2.05) is 0 Å². The molecule has 0 bridgehead atoms. The van der Waals surface area contributed by atoms with Gasteiger partial charge in [0.1, 0.15) is 11.6 Å². The number of nitrogens with one attached hydrogen (secondary N) is 1. The molecule has 0 saturated carbocycles. The van der Waals surface area contributed by atoms with Crippen LogP contribution in [0.2, 0.25) is 0 Å². The molecule has 112 valence electrons. The predicted molar refractivity (Wildman–Crippen MR) is 75.0 cm³/mol. The lowest BCUT2D eigenvalue weighted by Gasteiger charge is -2.15. The Bertz CT molecular complexity index is 389. The maximum absolute atomic E-state index is 12.7. The number of halogens is 1. The Morgan fingerprint density at radius 2 is 2.05 bits per heavy atom. The van der Waals surface area contributed by atoms with Gasteiger partial charge in [0, 0.05) is 13.2 Å². The standard InChI is InChI=1S/C15H22FNO3/c1-2-3-12(8-9-18)10-17-15(19)11-20-14-6-4-13(16)5-7-14/h4-7,12,18H,2-3,8-11H2,1H3,(H,17,19). The van der Waals surface area contributed by atoms with Crippen molar-refractivity contribution in [1.29, 1.82) is 0 Å². The zero-order valence-electron chi connectivity index (χ0n) is 11.8. The van der Waals surface area contributed by atoms with Crippen LogP contribution in [-0.2, 0) is 4.79 Å². The van der Waals surface area contributed by atoms with E-state index in [4.69, 9.17) is 9.84 Å². The van der Waals surface area contributed by atoms with Crippen molar-refractivity contribution in [2.45, 2.75) is 26.2 Å². The quantitative estimate of drug-likeness (QED) is 0.730. The van der Waals surface area contributed by atoms with Crippen LogP contribution in [0, 0.1) is 11.7 Å². The minimum absolute atomic E-state index is 0.0936. The summed E-state index contributed by atoms with van der Waals surface area (Å²) in [7, 11) is 0. The summed E-state index contributed by atoms with van der Waals surface area (Å²) < 4.78 is 17.9. The van der Waals surface area contributed by atoms with Crippen LogP contribution in [0.15, 0.2) is 24.3 Å². The molecule has 0 aliphatic carbocycles. The molecule has 1 unspecified atom stereocenters. The second-order valence-corrected chi connectivity index (χ2v) is 4.71. The van der Waals surface area contributed by atoms with Gasteiger partial charge in [0.15, 0.2) is 6.61 Å². The molecule has 0 heterocycles. The average molecular weight is 283 g/mol. The first-order valence-electron chi connectivity index (χ1n) is 6.91. The Hall–Kier alpha value is -1.62. The van der Waals surface area contributed by atoms with Gasteiger partial charge in [0.2, 0.25) is 0 Å². The maximum atomic E-state index is 12.7. The molecule has 0 aliphatic heterocycles. The Morgan fingerprint density at radius 1 is 1.35 bits per heavy atom. The second kappa shape index (κ2) is 9.31. The van der Waals surface area contributed by atoms with Crippen LogP contribution in [0.25, 0.3) is 0 Å². The molecule has 0 radical (unpaired) electrons. The lowest BCUT2D eigenvalue weighted by atomic mass is 10.0. The largest absolute Gasteiger partial charge is 0.484 e. The van der Waals surface area contributed by atoms with Crippen LogP contribution in [0.4, 0.5) is 4.39 Å². The smallest absolute Gasteiger partial charge is 0.257 e. The summed E-state index contributed by atoms with van der Waals surface area (Å²) in [6.07, 6.45) is 2.68. The Labute approximate surface area is 119 Å². The van der Waals surface area contributed by atoms with Gasteiger partial charge in [0.25, 0.3) is 5.91 Å². The van der Waals surface area contributed by atoms with Crippen molar-refractivity contribution in [3.05, 3.63) is 30.1 Å². The van der Waals surface area contributed by atoms with Crippen molar-refractivity contribution in [3.63, 3.8) is 0 Å². The van der Waals surface area contributed by atoms with Gasteiger partial charge < -0.3 is 15.2 Å². The number of rotatable bonds is 9. The highest BCUT2D eigenvalue weighted by Gasteiger charge is 2.09. The van der Waals surface area contributed by atoms with Crippen LogP contribution in [0.5, 0.6) is 5.75 Å². The van der Waals surface area contributed by atoms with Gasteiger partial charge in [-0.25, -0.2) is 4.39 Å². The number of aliphatic hydroxyl groups is 1. The van der Waals surface area contributed by atoms with E-state index in [1.54, 1.807) is 0 Å². The molecule has 1 aromatic rings. The number of hydrogen-bond acceptors (Lipinski definition) is 3. The first-order valence-corrected chi connectivity index (χ1v) is 6.91. The predicted octanol–water partition coefficient (Wildman–Crippen LogP) is 2.12. The highest BCUT2D eigenvalue weighted by molar-refractivity contribution is 5.77. The zero-order chi connectivity index (χ0) is 14.8. The van der Waals surface area contributed by atoms with Crippen molar-refractivity contribution in [3.8, 4) is 5.75 Å². The van der Waals surface area contributed by atoms with E-state index < -0.39 is 0 Å². The monoisotopic (exact) mass is 283 g/mol. The third-order valence-corrected chi connectivity index (χ3v) is 3.01. The van der Waals surface area contributed by atoms with Gasteiger partial charge in [-0.05, 0) is 43.0 Å². The molecule has 0 aliphatic rings. The van der Waals surface area contributed by atoms with Crippen LogP contribution in [0.3, 0.4) is 0 Å². The van der Waals surface area contributed by atoms with Gasteiger partial charge in [-0.15, -0.1) is 0 Å². The highest BCUT2D eigenvalue weighted by Crippen LogP contribution is 2.11. The molecule has 5 heteroatoms. The molecule has 1 aromatic carbocycles. The molecule has 0 saturated heterocycles. The molecule has 0 fully saturated rings. The first kappa shape index (κ1) is 16.4. The van der Waals surface area contributed by atoms with Crippen molar-refractivity contribution < 1.29 is 19.0 Å². The summed E-state index contributed by atoms with van der Waals surface area (Å²) in [5.41, 5.74) is 0. The normalized spacial score (nSPS) is 11.9. The van der Waals surface area contributed by atoms with Crippen molar-refractivity contribution in [1.82, 2.24) is 5.32 Å². The molecular formula is C15H22FNO3. The topological polar surface area (TPSA) is 58.6 Å². The highest BCUT2D eigenvalue weighted by atomic mass is 19.1. The minimum Gasteiger partial charge on any atom is -0.484 e. The number of aliphatic hydroxyl groups excluding tert-OH is 1. The van der Waals surface area contributed by atoms with Crippen molar-refractivity contribution >= 4 is 5.91 Å². The molecule has 1 atom stereocenters. The zero-order valence-corrected chi connectivity index (χ0v) is 11.8. The van der Waals surface area contributed by atoms with Crippen molar-refractivity contribution in [2.24, 2.45) is 5.92 Å². The number of amides is 1. The van der Waals surface area contributed by atoms with Crippen LogP contribution in [-0.4, -0.2) is 30.8 Å². The summed E-state index contributed by atoms with van der Waals surface area (Å²) >= 11 is 0. The van der Waals surface area contributed by atoms with Gasteiger partial charge >= 0.3 is 0 Å².